The summed E-state index contributed by atoms with van der Waals surface area (Å²) in [5.41, 5.74) is 2.53. The largest absolute Gasteiger partial charge is 0.425 e. The number of thiazole rings is 1. The van der Waals surface area contributed by atoms with E-state index < -0.39 is 6.04 Å². The van der Waals surface area contributed by atoms with Crippen molar-refractivity contribution >= 4 is 17.4 Å². The van der Waals surface area contributed by atoms with Crippen molar-refractivity contribution < 1.29 is 14.0 Å². The first-order chi connectivity index (χ1) is 10.3. The zero-order chi connectivity index (χ0) is 14.4. The zero-order valence-corrected chi connectivity index (χ0v) is 11.7. The highest BCUT2D eigenvalue weighted by Gasteiger charge is 2.52. The van der Waals surface area contributed by atoms with Gasteiger partial charge in [-0.2, -0.15) is 5.06 Å². The van der Waals surface area contributed by atoms with Crippen LogP contribution in [0.4, 0.5) is 4.79 Å². The van der Waals surface area contributed by atoms with Gasteiger partial charge in [0.05, 0.1) is 29.2 Å². The van der Waals surface area contributed by atoms with Crippen LogP contribution in [0.3, 0.4) is 0 Å². The van der Waals surface area contributed by atoms with E-state index in [2.05, 4.69) is 21.8 Å². The van der Waals surface area contributed by atoms with Gasteiger partial charge in [0.15, 0.2) is 6.04 Å². The molecule has 0 N–H and O–H groups in total. The van der Waals surface area contributed by atoms with E-state index in [0.29, 0.717) is 12.4 Å². The van der Waals surface area contributed by atoms with Crippen LogP contribution in [-0.2, 0) is 4.84 Å². The first-order valence-corrected chi connectivity index (χ1v) is 7.22. The molecule has 2 unspecified atom stereocenters. The Hall–Kier alpha value is -2.26. The van der Waals surface area contributed by atoms with Gasteiger partial charge in [0.2, 0.25) is 12.3 Å². The summed E-state index contributed by atoms with van der Waals surface area (Å²) in [5.74, 6) is 0.361. The zero-order valence-electron chi connectivity index (χ0n) is 10.9. The van der Waals surface area contributed by atoms with Gasteiger partial charge < -0.3 is 9.32 Å². The number of hydrogen-bond acceptors (Lipinski definition) is 7. The molecule has 2 atom stereocenters. The van der Waals surface area contributed by atoms with Crippen LogP contribution in [0.2, 0.25) is 0 Å². The van der Waals surface area contributed by atoms with Crippen molar-refractivity contribution in [3.8, 4) is 0 Å². The van der Waals surface area contributed by atoms with Gasteiger partial charge in [-0.1, -0.05) is 6.08 Å². The maximum atomic E-state index is 12.5. The minimum Gasteiger partial charge on any atom is -0.425 e. The normalized spacial score (nSPS) is 23.5. The molecule has 0 spiro atoms. The van der Waals surface area contributed by atoms with Gasteiger partial charge in [-0.3, -0.25) is 4.84 Å². The van der Waals surface area contributed by atoms with Crippen LogP contribution in [0, 0.1) is 0 Å². The monoisotopic (exact) mass is 305 g/mol. The number of hydrogen-bond donors (Lipinski definition) is 0. The summed E-state index contributed by atoms with van der Waals surface area (Å²) >= 11 is 1.50. The summed E-state index contributed by atoms with van der Waals surface area (Å²) in [6.45, 7) is 4.39. The number of urea groups is 1. The summed E-state index contributed by atoms with van der Waals surface area (Å²) in [6, 6.07) is -0.829. The van der Waals surface area contributed by atoms with E-state index in [-0.39, 0.29) is 18.7 Å². The fraction of sp³-hybridized carbons (Fsp3) is 0.333. The van der Waals surface area contributed by atoms with Gasteiger partial charge in [0.25, 0.3) is 0 Å². The van der Waals surface area contributed by atoms with Crippen LogP contribution in [0.1, 0.15) is 28.5 Å². The van der Waals surface area contributed by atoms with Gasteiger partial charge in [0.1, 0.15) is 6.04 Å². The predicted octanol–water partition coefficient (Wildman–Crippen LogP) is 1.53. The summed E-state index contributed by atoms with van der Waals surface area (Å²) < 4.78 is 5.29. The van der Waals surface area contributed by atoms with E-state index >= 15 is 0 Å². The smallest absolute Gasteiger partial charge is 0.345 e. The summed E-state index contributed by atoms with van der Waals surface area (Å²) in [5, 5.41) is 9.01. The molecule has 2 amide bonds. The molecule has 21 heavy (non-hydrogen) atoms. The Labute approximate surface area is 123 Å². The highest BCUT2D eigenvalue weighted by molar-refractivity contribution is 7.09. The second-order valence-corrected chi connectivity index (χ2v) is 5.53. The predicted molar refractivity (Wildman–Crippen MR) is 71.1 cm³/mol. The third kappa shape index (κ3) is 1.71. The molecule has 0 aromatic carbocycles. The number of nitrogens with zero attached hydrogens (tertiary/aromatic N) is 5. The van der Waals surface area contributed by atoms with Crippen LogP contribution in [0.25, 0.3) is 0 Å². The van der Waals surface area contributed by atoms with E-state index in [1.54, 1.807) is 16.5 Å². The van der Waals surface area contributed by atoms with E-state index in [1.807, 2.05) is 0 Å². The van der Waals surface area contributed by atoms with E-state index in [0.717, 1.165) is 10.6 Å². The lowest BCUT2D eigenvalue weighted by molar-refractivity contribution is -0.118. The average molecular weight is 305 g/mol. The summed E-state index contributed by atoms with van der Waals surface area (Å²) in [4.78, 5) is 25.1. The van der Waals surface area contributed by atoms with Crippen LogP contribution in [0.15, 0.2) is 29.0 Å². The molecule has 1 saturated heterocycles. The first-order valence-electron chi connectivity index (χ1n) is 6.34. The fourth-order valence-electron chi connectivity index (χ4n) is 2.70. The lowest BCUT2D eigenvalue weighted by Gasteiger charge is -2.26. The second-order valence-electron chi connectivity index (χ2n) is 4.64. The summed E-state index contributed by atoms with van der Waals surface area (Å²) in [6.07, 6.45) is 2.86. The molecule has 9 heteroatoms. The molecule has 4 rings (SSSR count). The van der Waals surface area contributed by atoms with Crippen molar-refractivity contribution in [2.24, 2.45) is 0 Å². The Balaban J connectivity index is 1.78. The van der Waals surface area contributed by atoms with Gasteiger partial charge >= 0.3 is 6.03 Å². The molecule has 2 aromatic rings. The Morgan fingerprint density at radius 1 is 1.62 bits per heavy atom. The molecular formula is C12H11N5O3S. The highest BCUT2D eigenvalue weighted by Crippen LogP contribution is 2.46. The van der Waals surface area contributed by atoms with Crippen molar-refractivity contribution in [1.29, 1.82) is 0 Å². The molecule has 1 fully saturated rings. The third-order valence-electron chi connectivity index (χ3n) is 3.53. The van der Waals surface area contributed by atoms with Crippen molar-refractivity contribution in [3.05, 3.63) is 41.0 Å². The molecule has 2 aliphatic heterocycles. The quantitative estimate of drug-likeness (QED) is 0.796. The van der Waals surface area contributed by atoms with Crippen molar-refractivity contribution in [2.75, 3.05) is 13.2 Å². The molecule has 0 saturated carbocycles. The molecule has 4 heterocycles. The number of rotatable bonds is 4. The molecule has 2 aliphatic rings. The first kappa shape index (κ1) is 12.5. The maximum Gasteiger partial charge on any atom is 0.345 e. The Bertz CT molecular complexity index is 685. The van der Waals surface area contributed by atoms with Crippen molar-refractivity contribution in [1.82, 2.24) is 25.1 Å². The number of carbonyl (C=O) groups is 1. The number of hydroxylamine groups is 2. The van der Waals surface area contributed by atoms with Crippen LogP contribution >= 0.6 is 11.3 Å². The fourth-order valence-corrected chi connectivity index (χ4v) is 3.59. The van der Waals surface area contributed by atoms with Crippen LogP contribution < -0.4 is 0 Å². The number of amides is 2. The third-order valence-corrected chi connectivity index (χ3v) is 4.47. The number of carbonyl (C=O) groups excluding carboxylic acids is 1. The Morgan fingerprint density at radius 2 is 2.52 bits per heavy atom. The standard InChI is InChI=1S/C12H11N5O3S/c1-2-3-20-17-7-4-16(12(17)18)9(11-15-14-5-19-11)8-10(7)21-6-13-8/h2,5-7,9H,1,3-4H2. The van der Waals surface area contributed by atoms with Gasteiger partial charge in [-0.15, -0.1) is 28.1 Å². The number of aromatic nitrogens is 3. The lowest BCUT2D eigenvalue weighted by atomic mass is 10.0. The maximum absolute atomic E-state index is 12.5. The SMILES string of the molecule is C=CCON1C(=O)N2CC1c1scnc1C2c1nnco1. The van der Waals surface area contributed by atoms with Crippen molar-refractivity contribution in [3.63, 3.8) is 0 Å². The molecule has 2 aromatic heterocycles. The molecule has 0 aliphatic carbocycles. The van der Waals surface area contributed by atoms with E-state index in [1.165, 1.54) is 22.8 Å². The van der Waals surface area contributed by atoms with E-state index in [4.69, 9.17) is 9.25 Å². The minimum atomic E-state index is -0.449. The molecule has 8 nitrogen and oxygen atoms in total. The van der Waals surface area contributed by atoms with E-state index in [9.17, 15) is 4.79 Å². The second kappa shape index (κ2) is 4.64. The van der Waals surface area contributed by atoms with Crippen molar-refractivity contribution in [2.45, 2.75) is 12.1 Å². The van der Waals surface area contributed by atoms with Crippen LogP contribution in [0.5, 0.6) is 0 Å². The minimum absolute atomic E-state index is 0.154. The molecule has 2 bridgehead atoms. The number of fused-ring (bicyclic) bond motifs is 4. The Morgan fingerprint density at radius 3 is 3.29 bits per heavy atom. The van der Waals surface area contributed by atoms with Crippen LogP contribution in [-0.4, -0.2) is 44.3 Å². The topological polar surface area (TPSA) is 84.6 Å². The molecular weight excluding hydrogens is 294 g/mol. The van der Waals surface area contributed by atoms with Gasteiger partial charge in [0, 0.05) is 0 Å². The van der Waals surface area contributed by atoms with Gasteiger partial charge in [-0.05, 0) is 0 Å². The molecule has 108 valence electrons. The Kier molecular flexibility index (Phi) is 2.76. The van der Waals surface area contributed by atoms with Gasteiger partial charge in [-0.25, -0.2) is 9.78 Å². The molecule has 0 radical (unpaired) electrons. The average Bonchev–Trinajstić information content (AvgIpc) is 3.21. The highest BCUT2D eigenvalue weighted by atomic mass is 32.1. The lowest BCUT2D eigenvalue weighted by Crippen LogP contribution is -2.35. The summed E-state index contributed by atoms with van der Waals surface area (Å²) in [7, 11) is 0.